The average molecular weight is 490 g/mol. The highest BCUT2D eigenvalue weighted by Crippen LogP contribution is 2.28. The van der Waals surface area contributed by atoms with Crippen LogP contribution in [0.1, 0.15) is 52.0 Å². The quantitative estimate of drug-likeness (QED) is 0.219. The summed E-state index contributed by atoms with van der Waals surface area (Å²) in [6.07, 6.45) is 2.69. The summed E-state index contributed by atoms with van der Waals surface area (Å²) < 4.78 is 16.0. The highest BCUT2D eigenvalue weighted by atomic mass is 32.2. The van der Waals surface area contributed by atoms with E-state index in [1.165, 1.54) is 6.92 Å². The highest BCUT2D eigenvalue weighted by Gasteiger charge is 2.42. The Hall–Kier alpha value is -2.72. The number of rotatable bonds is 11. The van der Waals surface area contributed by atoms with Gasteiger partial charge in [-0.1, -0.05) is 56.3 Å². The lowest BCUT2D eigenvalue weighted by Gasteiger charge is -2.31. The van der Waals surface area contributed by atoms with Gasteiger partial charge in [-0.2, -0.15) is 0 Å². The van der Waals surface area contributed by atoms with Gasteiger partial charge in [-0.25, -0.2) is 14.6 Å². The van der Waals surface area contributed by atoms with E-state index in [4.69, 9.17) is 14.2 Å². The van der Waals surface area contributed by atoms with Crippen molar-refractivity contribution in [2.45, 2.75) is 69.7 Å². The van der Waals surface area contributed by atoms with Crippen molar-refractivity contribution in [2.24, 2.45) is 0 Å². The van der Waals surface area contributed by atoms with E-state index < -0.39 is 23.6 Å². The minimum atomic E-state index is -1.45. The molecule has 0 bridgehead atoms. The second kappa shape index (κ2) is 12.1. The van der Waals surface area contributed by atoms with Crippen LogP contribution in [-0.2, 0) is 35.0 Å². The molecule has 1 aromatic heterocycles. The summed E-state index contributed by atoms with van der Waals surface area (Å²) in [5.41, 5.74) is 0.654. The SMILES string of the molecule is CCCCOC[C@@H]1CC[C@@](C)(C(=O)CSc2n[nH]c(-c3ccccc3CC)n2)OC(=O)C(=O)O1. The molecule has 34 heavy (non-hydrogen) atoms. The molecule has 0 unspecified atom stereocenters. The fourth-order valence-corrected chi connectivity index (χ4v) is 4.37. The summed E-state index contributed by atoms with van der Waals surface area (Å²) in [6, 6.07) is 7.91. The Morgan fingerprint density at radius 1 is 1.26 bits per heavy atom. The number of carbonyl (C=O) groups excluding carboxylic acids is 3. The molecule has 1 aliphatic heterocycles. The van der Waals surface area contributed by atoms with Crippen LogP contribution >= 0.6 is 11.8 Å². The van der Waals surface area contributed by atoms with Crippen LogP contribution in [0.25, 0.3) is 11.4 Å². The van der Waals surface area contributed by atoms with Crippen LogP contribution in [0.4, 0.5) is 0 Å². The minimum absolute atomic E-state index is 0.0107. The van der Waals surface area contributed by atoms with Gasteiger partial charge in [0.2, 0.25) is 5.16 Å². The Morgan fingerprint density at radius 3 is 2.82 bits per heavy atom. The number of aromatic amines is 1. The Labute approximate surface area is 203 Å². The third kappa shape index (κ3) is 6.66. The fourth-order valence-electron chi connectivity index (χ4n) is 3.54. The molecule has 2 heterocycles. The van der Waals surface area contributed by atoms with Crippen molar-refractivity contribution in [2.75, 3.05) is 19.0 Å². The van der Waals surface area contributed by atoms with Gasteiger partial charge in [-0.05, 0) is 38.2 Å². The predicted octanol–water partition coefficient (Wildman–Crippen LogP) is 3.52. The maximum Gasteiger partial charge on any atom is 0.418 e. The number of hydrogen-bond acceptors (Lipinski definition) is 9. The van der Waals surface area contributed by atoms with Crippen molar-refractivity contribution in [3.63, 3.8) is 0 Å². The van der Waals surface area contributed by atoms with Crippen LogP contribution in [-0.4, -0.2) is 63.6 Å². The molecule has 1 saturated heterocycles. The van der Waals surface area contributed by atoms with Crippen molar-refractivity contribution < 1.29 is 28.6 Å². The van der Waals surface area contributed by atoms with Crippen LogP contribution in [0.15, 0.2) is 29.4 Å². The molecular formula is C24H31N3O6S. The van der Waals surface area contributed by atoms with Crippen molar-refractivity contribution in [1.82, 2.24) is 15.2 Å². The molecule has 1 fully saturated rings. The van der Waals surface area contributed by atoms with E-state index in [-0.39, 0.29) is 24.6 Å². The van der Waals surface area contributed by atoms with Gasteiger partial charge in [0.15, 0.2) is 17.2 Å². The molecule has 184 valence electrons. The molecule has 1 aliphatic rings. The lowest BCUT2D eigenvalue weighted by molar-refractivity contribution is -0.188. The van der Waals surface area contributed by atoms with Crippen molar-refractivity contribution in [3.05, 3.63) is 29.8 Å². The topological polar surface area (TPSA) is 120 Å². The number of aromatic nitrogens is 3. The number of ketones is 1. The van der Waals surface area contributed by atoms with Gasteiger partial charge in [0.05, 0.1) is 12.4 Å². The number of esters is 2. The van der Waals surface area contributed by atoms with Gasteiger partial charge in [0.25, 0.3) is 0 Å². The Kier molecular flexibility index (Phi) is 9.23. The number of cyclic esters (lactones) is 2. The molecule has 1 N–H and O–H groups in total. The lowest BCUT2D eigenvalue weighted by atomic mass is 9.93. The molecule has 0 aliphatic carbocycles. The number of carbonyl (C=O) groups is 3. The largest absolute Gasteiger partial charge is 0.452 e. The highest BCUT2D eigenvalue weighted by molar-refractivity contribution is 7.99. The van der Waals surface area contributed by atoms with Gasteiger partial charge in [-0.3, -0.25) is 9.89 Å². The van der Waals surface area contributed by atoms with Crippen LogP contribution in [0.5, 0.6) is 0 Å². The molecule has 0 spiro atoms. The zero-order valence-electron chi connectivity index (χ0n) is 19.8. The zero-order valence-corrected chi connectivity index (χ0v) is 20.6. The second-order valence-corrected chi connectivity index (χ2v) is 9.25. The van der Waals surface area contributed by atoms with E-state index in [0.717, 1.165) is 42.2 Å². The van der Waals surface area contributed by atoms with Gasteiger partial charge in [-0.15, -0.1) is 5.10 Å². The second-order valence-electron chi connectivity index (χ2n) is 8.30. The molecule has 0 amide bonds. The van der Waals surface area contributed by atoms with Gasteiger partial charge in [0, 0.05) is 12.2 Å². The number of unbranched alkanes of at least 4 members (excludes halogenated alkanes) is 1. The summed E-state index contributed by atoms with van der Waals surface area (Å²) in [6.45, 7) is 6.37. The first-order chi connectivity index (χ1) is 16.4. The normalized spacial score (nSPS) is 20.9. The standard InChI is InChI=1S/C24H31N3O6S/c1-4-6-13-31-14-17-11-12-24(3,33-22(30)21(29)32-17)19(28)15-34-23-25-20(26-27-23)18-10-8-7-9-16(18)5-2/h7-10,17H,4-6,11-15H2,1-3H3,(H,25,26,27)/t17-,24-/m0/s1. The maximum atomic E-state index is 13.0. The summed E-state index contributed by atoms with van der Waals surface area (Å²) in [5, 5.41) is 7.54. The van der Waals surface area contributed by atoms with E-state index in [2.05, 4.69) is 22.1 Å². The minimum Gasteiger partial charge on any atom is -0.452 e. The Morgan fingerprint density at radius 2 is 2.06 bits per heavy atom. The molecule has 2 aromatic rings. The van der Waals surface area contributed by atoms with Crippen molar-refractivity contribution >= 4 is 29.5 Å². The molecule has 1 aromatic carbocycles. The molecular weight excluding hydrogens is 458 g/mol. The predicted molar refractivity (Wildman–Crippen MR) is 126 cm³/mol. The van der Waals surface area contributed by atoms with E-state index in [1.807, 2.05) is 31.2 Å². The summed E-state index contributed by atoms with van der Waals surface area (Å²) in [4.78, 5) is 41.8. The number of thioether (sulfide) groups is 1. The van der Waals surface area contributed by atoms with E-state index in [9.17, 15) is 14.4 Å². The number of hydrogen-bond donors (Lipinski definition) is 1. The first kappa shape index (κ1) is 25.9. The zero-order chi connectivity index (χ0) is 24.6. The maximum absolute atomic E-state index is 13.0. The summed E-state index contributed by atoms with van der Waals surface area (Å²) in [5.74, 6) is -1.99. The smallest absolute Gasteiger partial charge is 0.418 e. The van der Waals surface area contributed by atoms with Crippen molar-refractivity contribution in [1.29, 1.82) is 0 Å². The monoisotopic (exact) mass is 489 g/mol. The van der Waals surface area contributed by atoms with E-state index >= 15 is 0 Å². The summed E-state index contributed by atoms with van der Waals surface area (Å²) >= 11 is 1.15. The number of aryl methyl sites for hydroxylation is 1. The van der Waals surface area contributed by atoms with Gasteiger partial charge in [0.1, 0.15) is 6.10 Å². The number of Topliss-reactive ketones (excluding diaryl/α,β-unsaturated/α-hetero) is 1. The van der Waals surface area contributed by atoms with Crippen LogP contribution in [0, 0.1) is 0 Å². The molecule has 10 heteroatoms. The number of nitrogens with zero attached hydrogens (tertiary/aromatic N) is 2. The number of ether oxygens (including phenoxy) is 3. The molecule has 0 radical (unpaired) electrons. The van der Waals surface area contributed by atoms with Crippen LogP contribution in [0.2, 0.25) is 0 Å². The average Bonchev–Trinajstić information content (AvgIpc) is 3.31. The number of benzene rings is 1. The third-order valence-electron chi connectivity index (χ3n) is 5.69. The Bertz CT molecular complexity index is 1010. The van der Waals surface area contributed by atoms with Gasteiger partial charge < -0.3 is 14.2 Å². The molecule has 3 rings (SSSR count). The molecule has 0 saturated carbocycles. The van der Waals surface area contributed by atoms with Gasteiger partial charge >= 0.3 is 11.9 Å². The molecule has 2 atom stereocenters. The van der Waals surface area contributed by atoms with E-state index in [0.29, 0.717) is 24.0 Å². The van der Waals surface area contributed by atoms with E-state index in [1.54, 1.807) is 0 Å². The summed E-state index contributed by atoms with van der Waals surface area (Å²) in [7, 11) is 0. The first-order valence-electron chi connectivity index (χ1n) is 11.5. The van der Waals surface area contributed by atoms with Crippen LogP contribution < -0.4 is 0 Å². The molecule has 9 nitrogen and oxygen atoms in total. The lowest BCUT2D eigenvalue weighted by Crippen LogP contribution is -2.47. The number of nitrogens with one attached hydrogen (secondary N) is 1. The Balaban J connectivity index is 1.62. The number of H-pyrrole nitrogens is 1. The fraction of sp³-hybridized carbons (Fsp3) is 0.542. The third-order valence-corrected chi connectivity index (χ3v) is 6.54. The van der Waals surface area contributed by atoms with Crippen molar-refractivity contribution in [3.8, 4) is 11.4 Å². The van der Waals surface area contributed by atoms with Crippen LogP contribution in [0.3, 0.4) is 0 Å². The first-order valence-corrected chi connectivity index (χ1v) is 12.5.